The van der Waals surface area contributed by atoms with Crippen LogP contribution in [0.15, 0.2) is 12.8 Å². The molecule has 59 valence electrons. The molecule has 0 aromatic heterocycles. The minimum Gasteiger partial charge on any atom is -0.499 e. The molecule has 1 radical (unpaired) electrons. The van der Waals surface area contributed by atoms with E-state index in [4.69, 9.17) is 9.47 Å². The van der Waals surface area contributed by atoms with Crippen molar-refractivity contribution < 1.29 is 9.47 Å². The van der Waals surface area contributed by atoms with E-state index in [9.17, 15) is 0 Å². The molecule has 0 bridgehead atoms. The molecule has 1 atom stereocenters. The first-order valence-electron chi connectivity index (χ1n) is 3.48. The van der Waals surface area contributed by atoms with E-state index in [0.717, 1.165) is 13.0 Å². The van der Waals surface area contributed by atoms with Gasteiger partial charge in [0.25, 0.3) is 0 Å². The van der Waals surface area contributed by atoms with Gasteiger partial charge in [0.1, 0.15) is 6.10 Å². The molecule has 0 saturated heterocycles. The zero-order valence-electron chi connectivity index (χ0n) is 6.51. The highest BCUT2D eigenvalue weighted by molar-refractivity contribution is 4.63. The van der Waals surface area contributed by atoms with E-state index in [1.54, 1.807) is 0 Å². The third-order valence-corrected chi connectivity index (χ3v) is 1.08. The lowest BCUT2D eigenvalue weighted by Crippen LogP contribution is -2.08. The summed E-state index contributed by atoms with van der Waals surface area (Å²) in [6.07, 6.45) is 2.20. The summed E-state index contributed by atoms with van der Waals surface area (Å²) in [6, 6.07) is 0. The second-order valence-corrected chi connectivity index (χ2v) is 1.91. The third-order valence-electron chi connectivity index (χ3n) is 1.08. The Kier molecular flexibility index (Phi) is 6.29. The molecule has 0 aliphatic rings. The minimum atomic E-state index is -0.0240. The molecule has 1 unspecified atom stereocenters. The van der Waals surface area contributed by atoms with Crippen LogP contribution in [0.1, 0.15) is 13.3 Å². The fourth-order valence-corrected chi connectivity index (χ4v) is 0.563. The van der Waals surface area contributed by atoms with Gasteiger partial charge in [-0.2, -0.15) is 0 Å². The second-order valence-electron chi connectivity index (χ2n) is 1.91. The lowest BCUT2D eigenvalue weighted by atomic mass is 10.3. The largest absolute Gasteiger partial charge is 0.499 e. The van der Waals surface area contributed by atoms with Crippen LogP contribution < -0.4 is 0 Å². The quantitative estimate of drug-likeness (QED) is 0.417. The summed E-state index contributed by atoms with van der Waals surface area (Å²) in [5.74, 6) is 0. The number of ether oxygens (including phenoxy) is 2. The molecule has 0 amide bonds. The Hall–Kier alpha value is -0.500. The van der Waals surface area contributed by atoms with Gasteiger partial charge in [-0.05, 0) is 13.8 Å². The van der Waals surface area contributed by atoms with Gasteiger partial charge in [-0.25, -0.2) is 0 Å². The average molecular weight is 143 g/mol. The van der Waals surface area contributed by atoms with Crippen LogP contribution in [0.3, 0.4) is 0 Å². The normalized spacial score (nSPS) is 12.6. The molecule has 0 aliphatic heterocycles. The van der Waals surface area contributed by atoms with E-state index in [-0.39, 0.29) is 6.10 Å². The summed E-state index contributed by atoms with van der Waals surface area (Å²) < 4.78 is 10.1. The molecule has 2 heteroatoms. The molecular weight excluding hydrogens is 128 g/mol. The SMILES string of the molecule is [CH2]C(CCOCC)OC=C. The molecule has 0 spiro atoms. The zero-order valence-corrected chi connectivity index (χ0v) is 6.51. The van der Waals surface area contributed by atoms with Crippen LogP contribution >= 0.6 is 0 Å². The van der Waals surface area contributed by atoms with Crippen molar-refractivity contribution in [1.82, 2.24) is 0 Å². The second kappa shape index (κ2) is 6.62. The predicted molar refractivity (Wildman–Crippen MR) is 41.5 cm³/mol. The summed E-state index contributed by atoms with van der Waals surface area (Å²) >= 11 is 0. The topological polar surface area (TPSA) is 18.5 Å². The van der Waals surface area contributed by atoms with Crippen LogP contribution in [0.25, 0.3) is 0 Å². The molecular formula is C8H15O2. The van der Waals surface area contributed by atoms with Gasteiger partial charge < -0.3 is 9.47 Å². The maximum absolute atomic E-state index is 5.10. The third kappa shape index (κ3) is 5.63. The maximum atomic E-state index is 5.10. The van der Waals surface area contributed by atoms with Crippen molar-refractivity contribution in [3.05, 3.63) is 19.8 Å². The molecule has 2 nitrogen and oxygen atoms in total. The van der Waals surface area contributed by atoms with Gasteiger partial charge in [0.05, 0.1) is 12.9 Å². The van der Waals surface area contributed by atoms with Crippen molar-refractivity contribution in [2.24, 2.45) is 0 Å². The van der Waals surface area contributed by atoms with Crippen molar-refractivity contribution in [2.45, 2.75) is 19.4 Å². The molecule has 10 heavy (non-hydrogen) atoms. The number of rotatable bonds is 6. The van der Waals surface area contributed by atoms with E-state index >= 15 is 0 Å². The van der Waals surface area contributed by atoms with Gasteiger partial charge in [-0.3, -0.25) is 0 Å². The summed E-state index contributed by atoms with van der Waals surface area (Å²) in [5.41, 5.74) is 0. The van der Waals surface area contributed by atoms with Crippen LogP contribution in [-0.2, 0) is 9.47 Å². The van der Waals surface area contributed by atoms with Crippen molar-refractivity contribution in [1.29, 1.82) is 0 Å². The van der Waals surface area contributed by atoms with E-state index in [0.29, 0.717) is 6.61 Å². The van der Waals surface area contributed by atoms with E-state index < -0.39 is 0 Å². The van der Waals surface area contributed by atoms with E-state index in [1.807, 2.05) is 6.92 Å². The van der Waals surface area contributed by atoms with Crippen molar-refractivity contribution >= 4 is 0 Å². The Bertz CT molecular complexity index is 81.3. The van der Waals surface area contributed by atoms with Crippen LogP contribution in [0.2, 0.25) is 0 Å². The monoisotopic (exact) mass is 143 g/mol. The van der Waals surface area contributed by atoms with Gasteiger partial charge in [0.15, 0.2) is 0 Å². The Morgan fingerprint density at radius 1 is 1.60 bits per heavy atom. The van der Waals surface area contributed by atoms with Gasteiger partial charge in [0, 0.05) is 13.0 Å². The highest BCUT2D eigenvalue weighted by atomic mass is 16.5. The first kappa shape index (κ1) is 9.50. The molecule has 0 saturated carbocycles. The smallest absolute Gasteiger partial charge is 0.100 e. The first-order valence-corrected chi connectivity index (χ1v) is 3.48. The average Bonchev–Trinajstić information content (AvgIpc) is 1.89. The number of hydrogen-bond acceptors (Lipinski definition) is 2. The Labute approximate surface area is 62.8 Å². The highest BCUT2D eigenvalue weighted by Gasteiger charge is 1.98. The van der Waals surface area contributed by atoms with Crippen LogP contribution in [-0.4, -0.2) is 19.3 Å². The van der Waals surface area contributed by atoms with Crippen molar-refractivity contribution in [3.63, 3.8) is 0 Å². The van der Waals surface area contributed by atoms with Crippen LogP contribution in [0.4, 0.5) is 0 Å². The van der Waals surface area contributed by atoms with Crippen molar-refractivity contribution in [2.75, 3.05) is 13.2 Å². The Balaban J connectivity index is 3.04. The summed E-state index contributed by atoms with van der Waals surface area (Å²) in [7, 11) is 0. The lowest BCUT2D eigenvalue weighted by molar-refractivity contribution is 0.0976. The van der Waals surface area contributed by atoms with E-state index in [2.05, 4.69) is 13.5 Å². The maximum Gasteiger partial charge on any atom is 0.100 e. The molecule has 0 aromatic rings. The zero-order chi connectivity index (χ0) is 7.82. The highest BCUT2D eigenvalue weighted by Crippen LogP contribution is 1.96. The predicted octanol–water partition coefficient (Wildman–Crippen LogP) is 1.78. The Morgan fingerprint density at radius 2 is 2.30 bits per heavy atom. The summed E-state index contributed by atoms with van der Waals surface area (Å²) in [6.45, 7) is 10.6. The van der Waals surface area contributed by atoms with E-state index in [1.165, 1.54) is 6.26 Å². The van der Waals surface area contributed by atoms with Gasteiger partial charge >= 0.3 is 0 Å². The minimum absolute atomic E-state index is 0.0240. The molecule has 0 heterocycles. The first-order chi connectivity index (χ1) is 4.81. The van der Waals surface area contributed by atoms with Crippen LogP contribution in [0, 0.1) is 6.92 Å². The molecule has 0 rings (SSSR count). The standard InChI is InChI=1S/C8H15O2/c1-4-9-7-6-8(3)10-5-2/h5,8H,2-4,6-7H2,1H3. The molecule has 0 N–H and O–H groups in total. The fourth-order valence-electron chi connectivity index (χ4n) is 0.563. The fraction of sp³-hybridized carbons (Fsp3) is 0.625. The lowest BCUT2D eigenvalue weighted by Gasteiger charge is -2.09. The Morgan fingerprint density at radius 3 is 2.80 bits per heavy atom. The molecule has 0 fully saturated rings. The van der Waals surface area contributed by atoms with Gasteiger partial charge in [-0.1, -0.05) is 6.58 Å². The molecule has 0 aliphatic carbocycles. The number of hydrogen-bond donors (Lipinski definition) is 0. The van der Waals surface area contributed by atoms with Crippen molar-refractivity contribution in [3.8, 4) is 0 Å². The van der Waals surface area contributed by atoms with Gasteiger partial charge in [0.2, 0.25) is 0 Å². The van der Waals surface area contributed by atoms with Gasteiger partial charge in [-0.15, -0.1) is 0 Å². The summed E-state index contributed by atoms with van der Waals surface area (Å²) in [4.78, 5) is 0. The summed E-state index contributed by atoms with van der Waals surface area (Å²) in [5, 5.41) is 0. The van der Waals surface area contributed by atoms with Crippen LogP contribution in [0.5, 0.6) is 0 Å². The molecule has 0 aromatic carbocycles.